The minimum absolute atomic E-state index is 0.0625. The van der Waals surface area contributed by atoms with Gasteiger partial charge in [-0.3, -0.25) is 0 Å². The maximum Gasteiger partial charge on any atom is 0.502 e. The summed E-state index contributed by atoms with van der Waals surface area (Å²) in [5.41, 5.74) is 0. The number of hydrogen-bond acceptors (Lipinski definition) is 3. The molecule has 6 heteroatoms. The fraction of sp³-hybridized carbons (Fsp3) is 0.750. The van der Waals surface area contributed by atoms with Crippen molar-refractivity contribution >= 4 is 6.34 Å². The van der Waals surface area contributed by atoms with Crippen LogP contribution in [0.2, 0.25) is 0 Å². The number of rotatable bonds is 0. The van der Waals surface area contributed by atoms with E-state index in [0.29, 0.717) is 0 Å². The molecule has 3 nitrogen and oxygen atoms in total. The highest BCUT2D eigenvalue weighted by Crippen LogP contribution is 2.22. The largest absolute Gasteiger partial charge is 0.502 e. The lowest BCUT2D eigenvalue weighted by Crippen LogP contribution is -2.35. The second kappa shape index (κ2) is 2.03. The first-order chi connectivity index (χ1) is 4.50. The van der Waals surface area contributed by atoms with Crippen molar-refractivity contribution in [3.8, 4) is 0 Å². The summed E-state index contributed by atoms with van der Waals surface area (Å²) in [5.74, 6) is 0. The Bertz CT molecular complexity index is 152. The number of hydrogen-bond donors (Lipinski definition) is 0. The summed E-state index contributed by atoms with van der Waals surface area (Å²) in [6.07, 6.45) is -3.21. The normalized spacial score (nSPS) is 18.8. The van der Waals surface area contributed by atoms with Crippen molar-refractivity contribution in [3.63, 3.8) is 0 Å². The minimum atomic E-state index is -4.35. The molecule has 0 bridgehead atoms. The Morgan fingerprint density at radius 3 is 2.30 bits per heavy atom. The van der Waals surface area contributed by atoms with Crippen LogP contribution in [-0.4, -0.2) is 36.3 Å². The van der Waals surface area contributed by atoms with E-state index in [1.54, 1.807) is 0 Å². The zero-order valence-corrected chi connectivity index (χ0v) is 5.26. The lowest BCUT2D eigenvalue weighted by atomic mass is 10.8. The molecule has 1 aliphatic heterocycles. The van der Waals surface area contributed by atoms with Gasteiger partial charge in [0.2, 0.25) is 0 Å². The van der Waals surface area contributed by atoms with Crippen LogP contribution in [0.3, 0.4) is 0 Å². The molecular formula is C4H6F3N3. The highest BCUT2D eigenvalue weighted by atomic mass is 19.4. The summed E-state index contributed by atoms with van der Waals surface area (Å²) in [6.45, 7) is -0.219. The first kappa shape index (κ1) is 7.17. The van der Waals surface area contributed by atoms with Crippen LogP contribution in [0.1, 0.15) is 0 Å². The lowest BCUT2D eigenvalue weighted by Gasteiger charge is -2.17. The van der Waals surface area contributed by atoms with Crippen LogP contribution in [0.5, 0.6) is 0 Å². The van der Waals surface area contributed by atoms with Crippen molar-refractivity contribution in [2.45, 2.75) is 6.30 Å². The van der Waals surface area contributed by atoms with Gasteiger partial charge in [-0.05, 0) is 0 Å². The van der Waals surface area contributed by atoms with Crippen LogP contribution in [-0.2, 0) is 0 Å². The van der Waals surface area contributed by atoms with E-state index in [1.807, 2.05) is 0 Å². The Labute approximate surface area is 55.7 Å². The summed E-state index contributed by atoms with van der Waals surface area (Å²) in [6, 6.07) is 0. The van der Waals surface area contributed by atoms with Gasteiger partial charge in [-0.15, -0.1) is 13.2 Å². The van der Waals surface area contributed by atoms with E-state index in [9.17, 15) is 13.2 Å². The molecule has 0 aliphatic carbocycles. The number of halogens is 3. The number of nitrogens with zero attached hydrogens (tertiary/aromatic N) is 3. The third-order valence-electron chi connectivity index (χ3n) is 1.04. The zero-order valence-electron chi connectivity index (χ0n) is 5.26. The van der Waals surface area contributed by atoms with Gasteiger partial charge in [0, 0.05) is 7.05 Å². The molecule has 0 spiro atoms. The Hall–Kier alpha value is -0.940. The highest BCUT2D eigenvalue weighted by molar-refractivity contribution is 5.55. The minimum Gasteiger partial charge on any atom is -0.345 e. The van der Waals surface area contributed by atoms with E-state index in [2.05, 4.69) is 5.10 Å². The molecule has 0 radical (unpaired) electrons. The van der Waals surface area contributed by atoms with E-state index >= 15 is 0 Å². The zero-order chi connectivity index (χ0) is 7.78. The van der Waals surface area contributed by atoms with Gasteiger partial charge in [-0.25, -0.2) is 0 Å². The molecule has 1 aliphatic rings. The van der Waals surface area contributed by atoms with Crippen molar-refractivity contribution in [3.05, 3.63) is 0 Å². The molecule has 58 valence electrons. The van der Waals surface area contributed by atoms with Gasteiger partial charge in [0.05, 0.1) is 0 Å². The standard InChI is InChI=1S/C4H6F3N3/c1-9-2-8-10(3-9)4(5,6)7/h2H,3H2,1H3. The molecule has 0 saturated heterocycles. The maximum atomic E-state index is 11.7. The average molecular weight is 153 g/mol. The summed E-state index contributed by atoms with van der Waals surface area (Å²) in [5, 5.41) is 3.16. The Kier molecular flexibility index (Phi) is 1.46. The summed E-state index contributed by atoms with van der Waals surface area (Å²) in [4.78, 5) is 1.34. The molecule has 1 heterocycles. The first-order valence-electron chi connectivity index (χ1n) is 2.59. The van der Waals surface area contributed by atoms with Crippen LogP contribution in [0, 0.1) is 0 Å². The van der Waals surface area contributed by atoms with Gasteiger partial charge >= 0.3 is 6.30 Å². The van der Waals surface area contributed by atoms with Crippen molar-refractivity contribution in [1.29, 1.82) is 0 Å². The molecule has 0 saturated carbocycles. The highest BCUT2D eigenvalue weighted by Gasteiger charge is 2.38. The van der Waals surface area contributed by atoms with Crippen molar-refractivity contribution < 1.29 is 13.2 Å². The summed E-state index contributed by atoms with van der Waals surface area (Å²) >= 11 is 0. The molecule has 0 aromatic carbocycles. The molecule has 0 unspecified atom stereocenters. The molecule has 0 atom stereocenters. The summed E-state index contributed by atoms with van der Waals surface area (Å²) in [7, 11) is 1.52. The molecule has 0 N–H and O–H groups in total. The molecule has 1 rings (SSSR count). The monoisotopic (exact) mass is 153 g/mol. The Balaban J connectivity index is 2.55. The van der Waals surface area contributed by atoms with E-state index in [4.69, 9.17) is 0 Å². The van der Waals surface area contributed by atoms with Gasteiger partial charge in [0.1, 0.15) is 13.0 Å². The van der Waals surface area contributed by atoms with Gasteiger partial charge in [0.15, 0.2) is 0 Å². The van der Waals surface area contributed by atoms with E-state index in [1.165, 1.54) is 11.9 Å². The maximum absolute atomic E-state index is 11.7. The quantitative estimate of drug-likeness (QED) is 0.476. The third kappa shape index (κ3) is 1.31. The van der Waals surface area contributed by atoms with Crippen LogP contribution >= 0.6 is 0 Å². The average Bonchev–Trinajstić information content (AvgIpc) is 2.11. The topological polar surface area (TPSA) is 18.8 Å². The van der Waals surface area contributed by atoms with Gasteiger partial charge in [-0.2, -0.15) is 10.1 Å². The van der Waals surface area contributed by atoms with Crippen LogP contribution in [0.25, 0.3) is 0 Å². The smallest absolute Gasteiger partial charge is 0.345 e. The predicted molar refractivity (Wildman–Crippen MR) is 29.0 cm³/mol. The van der Waals surface area contributed by atoms with Crippen LogP contribution in [0.15, 0.2) is 5.10 Å². The molecule has 0 amide bonds. The second-order valence-corrected chi connectivity index (χ2v) is 2.00. The molecule has 0 aromatic heterocycles. The number of hydrazone groups is 1. The fourth-order valence-electron chi connectivity index (χ4n) is 0.580. The van der Waals surface area contributed by atoms with E-state index < -0.39 is 6.30 Å². The Morgan fingerprint density at radius 1 is 1.50 bits per heavy atom. The lowest BCUT2D eigenvalue weighted by molar-refractivity contribution is -0.247. The summed E-state index contributed by atoms with van der Waals surface area (Å²) < 4.78 is 35.2. The fourth-order valence-corrected chi connectivity index (χ4v) is 0.580. The van der Waals surface area contributed by atoms with Crippen LogP contribution < -0.4 is 0 Å². The number of alkyl halides is 3. The van der Waals surface area contributed by atoms with Crippen molar-refractivity contribution in [2.75, 3.05) is 13.7 Å². The third-order valence-corrected chi connectivity index (χ3v) is 1.04. The SMILES string of the molecule is CN1C=NN(C(F)(F)F)C1. The molecule has 0 fully saturated rings. The predicted octanol–water partition coefficient (Wildman–Crippen LogP) is 0.654. The molecule has 10 heavy (non-hydrogen) atoms. The van der Waals surface area contributed by atoms with Gasteiger partial charge < -0.3 is 4.90 Å². The van der Waals surface area contributed by atoms with Gasteiger partial charge in [0.25, 0.3) is 0 Å². The van der Waals surface area contributed by atoms with E-state index in [0.717, 1.165) is 6.34 Å². The Morgan fingerprint density at radius 2 is 2.10 bits per heavy atom. The second-order valence-electron chi connectivity index (χ2n) is 2.00. The molecular weight excluding hydrogens is 147 g/mol. The van der Waals surface area contributed by atoms with Crippen LogP contribution in [0.4, 0.5) is 13.2 Å². The van der Waals surface area contributed by atoms with Crippen molar-refractivity contribution in [2.24, 2.45) is 5.10 Å². The van der Waals surface area contributed by atoms with Gasteiger partial charge in [-0.1, -0.05) is 0 Å². The van der Waals surface area contributed by atoms with E-state index in [-0.39, 0.29) is 11.7 Å². The van der Waals surface area contributed by atoms with Crippen molar-refractivity contribution in [1.82, 2.24) is 9.91 Å². The first-order valence-corrected chi connectivity index (χ1v) is 2.59. The molecule has 0 aromatic rings.